The molecule has 0 saturated heterocycles. The molecule has 0 spiro atoms. The fourth-order valence-electron chi connectivity index (χ4n) is 3.49. The van der Waals surface area contributed by atoms with Crippen LogP contribution in [0.2, 0.25) is 0 Å². The normalized spacial score (nSPS) is 16.1. The maximum Gasteiger partial charge on any atom is 0.272 e. The molecule has 148 valence electrons. The third-order valence-electron chi connectivity index (χ3n) is 5.21. The van der Waals surface area contributed by atoms with E-state index in [0.717, 1.165) is 29.7 Å². The second-order valence-electron chi connectivity index (χ2n) is 7.39. The molecule has 1 aromatic heterocycles. The summed E-state index contributed by atoms with van der Waals surface area (Å²) in [6, 6.07) is 8.17. The van der Waals surface area contributed by atoms with Crippen molar-refractivity contribution in [3.63, 3.8) is 0 Å². The third kappa shape index (κ3) is 4.18. The summed E-state index contributed by atoms with van der Waals surface area (Å²) in [6.07, 6.45) is 5.02. The third-order valence-corrected chi connectivity index (χ3v) is 5.21. The van der Waals surface area contributed by atoms with Gasteiger partial charge in [0.25, 0.3) is 5.91 Å². The highest BCUT2D eigenvalue weighted by atomic mass is 16.5. The van der Waals surface area contributed by atoms with E-state index in [4.69, 9.17) is 4.74 Å². The number of amides is 2. The number of hydrogen-bond acceptors (Lipinski definition) is 4. The van der Waals surface area contributed by atoms with Gasteiger partial charge in [-0.15, -0.1) is 0 Å². The molecule has 1 aliphatic carbocycles. The molecule has 0 atom stereocenters. The van der Waals surface area contributed by atoms with Crippen LogP contribution in [0.5, 0.6) is 5.75 Å². The number of aromatic nitrogens is 2. The molecule has 1 N–H and O–H groups in total. The van der Waals surface area contributed by atoms with Gasteiger partial charge in [-0.05, 0) is 43.9 Å². The van der Waals surface area contributed by atoms with Gasteiger partial charge in [0, 0.05) is 37.3 Å². The number of benzene rings is 1. The first-order valence-corrected chi connectivity index (χ1v) is 9.99. The molecule has 1 aromatic carbocycles. The molecule has 1 aliphatic heterocycles. The molecule has 7 heteroatoms. The van der Waals surface area contributed by atoms with Gasteiger partial charge in [0.15, 0.2) is 0 Å². The van der Waals surface area contributed by atoms with Crippen molar-refractivity contribution in [1.29, 1.82) is 0 Å². The summed E-state index contributed by atoms with van der Waals surface area (Å²) in [6.45, 7) is 4.10. The SMILES string of the molecule is CCn1nccc1C(=O)N1CCOc2ccc(CCC(=O)NC3CC3)cc2C1. The Kier molecular flexibility index (Phi) is 5.32. The minimum absolute atomic E-state index is 0.0370. The first-order chi connectivity index (χ1) is 13.6. The van der Waals surface area contributed by atoms with Gasteiger partial charge < -0.3 is 15.0 Å². The molecule has 2 aliphatic rings. The van der Waals surface area contributed by atoms with Crippen LogP contribution in [0.4, 0.5) is 0 Å². The van der Waals surface area contributed by atoms with Gasteiger partial charge in [-0.25, -0.2) is 0 Å². The number of fused-ring (bicyclic) bond motifs is 1. The van der Waals surface area contributed by atoms with Crippen molar-refractivity contribution in [2.45, 2.75) is 51.7 Å². The van der Waals surface area contributed by atoms with Gasteiger partial charge in [-0.1, -0.05) is 12.1 Å². The molecule has 0 unspecified atom stereocenters. The smallest absolute Gasteiger partial charge is 0.272 e. The van der Waals surface area contributed by atoms with E-state index in [1.54, 1.807) is 21.8 Å². The summed E-state index contributed by atoms with van der Waals surface area (Å²) in [5.41, 5.74) is 2.66. The van der Waals surface area contributed by atoms with Crippen LogP contribution in [-0.4, -0.2) is 45.7 Å². The lowest BCUT2D eigenvalue weighted by Gasteiger charge is -2.20. The van der Waals surface area contributed by atoms with Crippen molar-refractivity contribution in [1.82, 2.24) is 20.0 Å². The van der Waals surface area contributed by atoms with E-state index < -0.39 is 0 Å². The molecule has 1 saturated carbocycles. The number of carbonyl (C=O) groups is 2. The van der Waals surface area contributed by atoms with Crippen LogP contribution >= 0.6 is 0 Å². The Labute approximate surface area is 164 Å². The molecule has 7 nitrogen and oxygen atoms in total. The van der Waals surface area contributed by atoms with Crippen molar-refractivity contribution in [2.24, 2.45) is 0 Å². The lowest BCUT2D eigenvalue weighted by Crippen LogP contribution is -2.34. The predicted octanol–water partition coefficient (Wildman–Crippen LogP) is 2.15. The maximum atomic E-state index is 13.0. The first-order valence-electron chi connectivity index (χ1n) is 9.99. The monoisotopic (exact) mass is 382 g/mol. The zero-order chi connectivity index (χ0) is 19.5. The minimum Gasteiger partial charge on any atom is -0.491 e. The number of nitrogens with zero attached hydrogens (tertiary/aromatic N) is 3. The van der Waals surface area contributed by atoms with Crippen LogP contribution in [0, 0.1) is 0 Å². The average Bonchev–Trinajstić information content (AvgIpc) is 3.43. The van der Waals surface area contributed by atoms with E-state index in [-0.39, 0.29) is 11.8 Å². The van der Waals surface area contributed by atoms with Gasteiger partial charge >= 0.3 is 0 Å². The molecule has 28 heavy (non-hydrogen) atoms. The molecule has 2 heterocycles. The Bertz CT molecular complexity index is 872. The van der Waals surface area contributed by atoms with E-state index in [2.05, 4.69) is 16.5 Å². The summed E-state index contributed by atoms with van der Waals surface area (Å²) in [7, 11) is 0. The van der Waals surface area contributed by atoms with Gasteiger partial charge in [0.2, 0.25) is 5.91 Å². The van der Waals surface area contributed by atoms with E-state index >= 15 is 0 Å². The summed E-state index contributed by atoms with van der Waals surface area (Å²) < 4.78 is 7.56. The largest absolute Gasteiger partial charge is 0.491 e. The van der Waals surface area contributed by atoms with Crippen molar-refractivity contribution in [3.8, 4) is 5.75 Å². The second-order valence-corrected chi connectivity index (χ2v) is 7.39. The fourth-order valence-corrected chi connectivity index (χ4v) is 3.49. The number of hydrogen-bond donors (Lipinski definition) is 1. The van der Waals surface area contributed by atoms with E-state index in [9.17, 15) is 9.59 Å². The summed E-state index contributed by atoms with van der Waals surface area (Å²) in [5.74, 6) is 0.883. The van der Waals surface area contributed by atoms with Crippen LogP contribution in [-0.2, 0) is 24.3 Å². The molecule has 2 amide bonds. The molecule has 4 rings (SSSR count). The first kappa shape index (κ1) is 18.5. The van der Waals surface area contributed by atoms with E-state index in [1.165, 1.54) is 0 Å². The molecular formula is C21H26N4O3. The predicted molar refractivity (Wildman–Crippen MR) is 104 cm³/mol. The number of nitrogens with one attached hydrogen (secondary N) is 1. The van der Waals surface area contributed by atoms with Crippen LogP contribution in [0.25, 0.3) is 0 Å². The van der Waals surface area contributed by atoms with Crippen molar-refractivity contribution >= 4 is 11.8 Å². The number of rotatable bonds is 6. The van der Waals surface area contributed by atoms with E-state index in [1.807, 2.05) is 19.1 Å². The molecule has 0 bridgehead atoms. The Morgan fingerprint density at radius 2 is 2.14 bits per heavy atom. The lowest BCUT2D eigenvalue weighted by molar-refractivity contribution is -0.121. The zero-order valence-electron chi connectivity index (χ0n) is 16.2. The summed E-state index contributed by atoms with van der Waals surface area (Å²) >= 11 is 0. The van der Waals surface area contributed by atoms with Crippen molar-refractivity contribution in [2.75, 3.05) is 13.2 Å². The highest BCUT2D eigenvalue weighted by molar-refractivity contribution is 5.92. The average molecular weight is 382 g/mol. The quantitative estimate of drug-likeness (QED) is 0.831. The highest BCUT2D eigenvalue weighted by Crippen LogP contribution is 2.26. The standard InChI is InChI=1S/C21H26N4O3/c1-2-25-18(9-10-22-25)21(27)24-11-12-28-19-7-3-15(13-16(19)14-24)4-8-20(26)23-17-5-6-17/h3,7,9-10,13,17H,2,4-6,8,11-12,14H2,1H3,(H,23,26). The zero-order valence-corrected chi connectivity index (χ0v) is 16.2. The Hall–Kier alpha value is -2.83. The molecule has 1 fully saturated rings. The Balaban J connectivity index is 1.45. The van der Waals surface area contributed by atoms with Crippen LogP contribution in [0.15, 0.2) is 30.5 Å². The van der Waals surface area contributed by atoms with Crippen molar-refractivity contribution in [3.05, 3.63) is 47.3 Å². The fraction of sp³-hybridized carbons (Fsp3) is 0.476. The second kappa shape index (κ2) is 8.04. The highest BCUT2D eigenvalue weighted by Gasteiger charge is 2.24. The lowest BCUT2D eigenvalue weighted by atomic mass is 10.0. The van der Waals surface area contributed by atoms with Gasteiger partial charge in [-0.2, -0.15) is 5.10 Å². The van der Waals surface area contributed by atoms with Gasteiger partial charge in [0.1, 0.15) is 18.1 Å². The topological polar surface area (TPSA) is 76.5 Å². The molecule has 0 radical (unpaired) electrons. The Morgan fingerprint density at radius 3 is 2.93 bits per heavy atom. The number of carbonyl (C=O) groups excluding carboxylic acids is 2. The van der Waals surface area contributed by atoms with Crippen LogP contribution in [0.1, 0.15) is 47.8 Å². The number of aryl methyl sites for hydroxylation is 2. The van der Waals surface area contributed by atoms with Crippen LogP contribution in [0.3, 0.4) is 0 Å². The maximum absolute atomic E-state index is 13.0. The molecule has 2 aromatic rings. The van der Waals surface area contributed by atoms with Crippen LogP contribution < -0.4 is 10.1 Å². The summed E-state index contributed by atoms with van der Waals surface area (Å²) in [4.78, 5) is 26.7. The van der Waals surface area contributed by atoms with E-state index in [0.29, 0.717) is 50.8 Å². The number of ether oxygens (including phenoxy) is 1. The van der Waals surface area contributed by atoms with Gasteiger partial charge in [0.05, 0.1) is 6.54 Å². The molecular weight excluding hydrogens is 356 g/mol. The summed E-state index contributed by atoms with van der Waals surface area (Å²) in [5, 5.41) is 7.22. The van der Waals surface area contributed by atoms with Crippen molar-refractivity contribution < 1.29 is 14.3 Å². The minimum atomic E-state index is -0.0370. The van der Waals surface area contributed by atoms with Gasteiger partial charge in [-0.3, -0.25) is 14.3 Å². The Morgan fingerprint density at radius 1 is 1.29 bits per heavy atom.